The van der Waals surface area contributed by atoms with Gasteiger partial charge in [-0.25, -0.2) is 4.98 Å². The van der Waals surface area contributed by atoms with E-state index in [-0.39, 0.29) is 0 Å². The number of aryl methyl sites for hydroxylation is 1. The molecule has 2 saturated heterocycles. The van der Waals surface area contributed by atoms with E-state index in [2.05, 4.69) is 19.4 Å². The van der Waals surface area contributed by atoms with Crippen LogP contribution in [0, 0.1) is 0 Å². The number of nitrogens with zero attached hydrogens (tertiary/aromatic N) is 4. The van der Waals surface area contributed by atoms with Crippen molar-refractivity contribution in [2.24, 2.45) is 7.05 Å². The van der Waals surface area contributed by atoms with Crippen molar-refractivity contribution in [3.8, 4) is 0 Å². The minimum Gasteiger partial charge on any atom is -0.340 e. The number of hydrogen-bond acceptors (Lipinski definition) is 3. The Hall–Kier alpha value is -1.36. The molecular weight excluding hydrogens is 252 g/mol. The van der Waals surface area contributed by atoms with Crippen LogP contribution in [0.1, 0.15) is 31.4 Å². The van der Waals surface area contributed by atoms with Crippen molar-refractivity contribution in [3.05, 3.63) is 18.2 Å². The zero-order valence-corrected chi connectivity index (χ0v) is 12.3. The molecule has 0 bridgehead atoms. The topological polar surface area (TPSA) is 41.4 Å². The van der Waals surface area contributed by atoms with E-state index in [1.54, 1.807) is 0 Å². The molecule has 2 aliphatic rings. The normalized spacial score (nSPS) is 21.9. The summed E-state index contributed by atoms with van der Waals surface area (Å²) in [6, 6.07) is 0.498. The first-order valence-electron chi connectivity index (χ1n) is 7.71. The Morgan fingerprint density at radius 1 is 1.30 bits per heavy atom. The van der Waals surface area contributed by atoms with Gasteiger partial charge in [-0.15, -0.1) is 0 Å². The molecule has 110 valence electrons. The van der Waals surface area contributed by atoms with Crippen LogP contribution in [0.2, 0.25) is 0 Å². The average molecular weight is 276 g/mol. The second-order valence-electron chi connectivity index (χ2n) is 6.01. The van der Waals surface area contributed by atoms with Gasteiger partial charge in [-0.1, -0.05) is 0 Å². The Kier molecular flexibility index (Phi) is 4.05. The number of amides is 1. The monoisotopic (exact) mass is 276 g/mol. The summed E-state index contributed by atoms with van der Waals surface area (Å²) in [5.74, 6) is 0.373. The van der Waals surface area contributed by atoms with E-state index in [1.807, 2.05) is 19.6 Å². The van der Waals surface area contributed by atoms with Crippen molar-refractivity contribution in [2.75, 3.05) is 26.2 Å². The van der Waals surface area contributed by atoms with Gasteiger partial charge in [-0.3, -0.25) is 4.79 Å². The fourth-order valence-electron chi connectivity index (χ4n) is 3.41. The number of carbonyl (C=O) groups is 1. The van der Waals surface area contributed by atoms with Gasteiger partial charge in [0.25, 0.3) is 0 Å². The molecule has 1 aromatic heterocycles. The largest absolute Gasteiger partial charge is 0.340 e. The lowest BCUT2D eigenvalue weighted by Gasteiger charge is -2.36. The Labute approximate surface area is 120 Å². The standard InChI is InChI=1S/C15H24N4O/c1-17-12-16-11-14(17)6-10-18-8-4-13(5-9-18)19-7-2-3-15(19)20/h11-13H,2-10H2,1H3. The summed E-state index contributed by atoms with van der Waals surface area (Å²) in [7, 11) is 2.05. The third-order valence-electron chi connectivity index (χ3n) is 4.71. The van der Waals surface area contributed by atoms with E-state index >= 15 is 0 Å². The molecule has 3 heterocycles. The molecule has 0 radical (unpaired) electrons. The van der Waals surface area contributed by atoms with Crippen molar-refractivity contribution in [1.82, 2.24) is 19.4 Å². The number of piperidine rings is 1. The SMILES string of the molecule is Cn1cncc1CCN1CCC(N2CCCC2=O)CC1. The Balaban J connectivity index is 1.44. The van der Waals surface area contributed by atoms with Crippen LogP contribution in [0.3, 0.4) is 0 Å². The highest BCUT2D eigenvalue weighted by Gasteiger charge is 2.30. The molecule has 0 unspecified atom stereocenters. The predicted molar refractivity (Wildman–Crippen MR) is 77.3 cm³/mol. The molecule has 0 spiro atoms. The minimum absolute atomic E-state index is 0.373. The molecule has 0 saturated carbocycles. The smallest absolute Gasteiger partial charge is 0.222 e. The molecule has 2 fully saturated rings. The van der Waals surface area contributed by atoms with E-state index in [9.17, 15) is 4.79 Å². The summed E-state index contributed by atoms with van der Waals surface area (Å²) in [5, 5.41) is 0. The molecule has 0 aliphatic carbocycles. The van der Waals surface area contributed by atoms with Crippen LogP contribution in [-0.2, 0) is 18.3 Å². The molecular formula is C15H24N4O. The number of aromatic nitrogens is 2. The molecule has 5 heteroatoms. The van der Waals surface area contributed by atoms with Crippen LogP contribution < -0.4 is 0 Å². The summed E-state index contributed by atoms with van der Waals surface area (Å²) < 4.78 is 2.09. The maximum absolute atomic E-state index is 11.8. The Morgan fingerprint density at radius 2 is 2.10 bits per heavy atom. The predicted octanol–water partition coefficient (Wildman–Crippen LogP) is 1.05. The number of rotatable bonds is 4. The highest BCUT2D eigenvalue weighted by molar-refractivity contribution is 5.78. The van der Waals surface area contributed by atoms with Gasteiger partial charge < -0.3 is 14.4 Å². The highest BCUT2D eigenvalue weighted by Crippen LogP contribution is 2.22. The Morgan fingerprint density at radius 3 is 2.70 bits per heavy atom. The fraction of sp³-hybridized carbons (Fsp3) is 0.733. The van der Waals surface area contributed by atoms with E-state index < -0.39 is 0 Å². The molecule has 2 aliphatic heterocycles. The Bertz CT molecular complexity index is 462. The van der Waals surface area contributed by atoms with Gasteiger partial charge in [0.2, 0.25) is 5.91 Å². The summed E-state index contributed by atoms with van der Waals surface area (Å²) >= 11 is 0. The van der Waals surface area contributed by atoms with Gasteiger partial charge in [-0.2, -0.15) is 0 Å². The molecule has 0 aromatic carbocycles. The summed E-state index contributed by atoms with van der Waals surface area (Å²) in [5.41, 5.74) is 1.29. The van der Waals surface area contributed by atoms with E-state index in [4.69, 9.17) is 0 Å². The van der Waals surface area contributed by atoms with Crippen molar-refractivity contribution in [3.63, 3.8) is 0 Å². The lowest BCUT2D eigenvalue weighted by molar-refractivity contribution is -0.130. The van der Waals surface area contributed by atoms with Crippen LogP contribution in [0.5, 0.6) is 0 Å². The van der Waals surface area contributed by atoms with Gasteiger partial charge in [-0.05, 0) is 19.3 Å². The third kappa shape index (κ3) is 2.87. The fourth-order valence-corrected chi connectivity index (χ4v) is 3.41. The number of likely N-dealkylation sites (tertiary alicyclic amines) is 2. The number of carbonyl (C=O) groups excluding carboxylic acids is 1. The maximum atomic E-state index is 11.8. The van der Waals surface area contributed by atoms with E-state index in [0.29, 0.717) is 11.9 Å². The third-order valence-corrected chi connectivity index (χ3v) is 4.71. The zero-order chi connectivity index (χ0) is 13.9. The molecule has 1 aromatic rings. The van der Waals surface area contributed by atoms with Crippen LogP contribution in [0.15, 0.2) is 12.5 Å². The van der Waals surface area contributed by atoms with Crippen LogP contribution in [-0.4, -0.2) is 57.5 Å². The summed E-state index contributed by atoms with van der Waals surface area (Å²) in [6.07, 6.45) is 8.97. The molecule has 5 nitrogen and oxygen atoms in total. The quantitative estimate of drug-likeness (QED) is 0.825. The first-order chi connectivity index (χ1) is 9.74. The average Bonchev–Trinajstić information content (AvgIpc) is 3.06. The minimum atomic E-state index is 0.373. The number of hydrogen-bond donors (Lipinski definition) is 0. The lowest BCUT2D eigenvalue weighted by atomic mass is 10.0. The van der Waals surface area contributed by atoms with Crippen LogP contribution >= 0.6 is 0 Å². The highest BCUT2D eigenvalue weighted by atomic mass is 16.2. The molecule has 0 atom stereocenters. The van der Waals surface area contributed by atoms with E-state index in [1.165, 1.54) is 5.69 Å². The van der Waals surface area contributed by atoms with E-state index in [0.717, 1.165) is 58.3 Å². The first-order valence-corrected chi connectivity index (χ1v) is 7.71. The van der Waals surface area contributed by atoms with Gasteiger partial charge in [0.15, 0.2) is 0 Å². The molecule has 3 rings (SSSR count). The zero-order valence-electron chi connectivity index (χ0n) is 12.3. The van der Waals surface area contributed by atoms with Crippen molar-refractivity contribution < 1.29 is 4.79 Å². The summed E-state index contributed by atoms with van der Waals surface area (Å²) in [6.45, 7) is 4.32. The van der Waals surface area contributed by atoms with Gasteiger partial charge in [0.05, 0.1) is 6.33 Å². The van der Waals surface area contributed by atoms with Crippen LogP contribution in [0.4, 0.5) is 0 Å². The van der Waals surface area contributed by atoms with Crippen LogP contribution in [0.25, 0.3) is 0 Å². The molecule has 1 amide bonds. The van der Waals surface area contributed by atoms with Crippen molar-refractivity contribution >= 4 is 5.91 Å². The van der Waals surface area contributed by atoms with Gasteiger partial charge >= 0.3 is 0 Å². The van der Waals surface area contributed by atoms with Gasteiger partial charge in [0, 0.05) is 64.0 Å². The maximum Gasteiger partial charge on any atom is 0.222 e. The first kappa shape index (κ1) is 13.6. The number of imidazole rings is 1. The molecule has 0 N–H and O–H groups in total. The van der Waals surface area contributed by atoms with Gasteiger partial charge in [0.1, 0.15) is 0 Å². The lowest BCUT2D eigenvalue weighted by Crippen LogP contribution is -2.45. The molecule has 20 heavy (non-hydrogen) atoms. The summed E-state index contributed by atoms with van der Waals surface area (Å²) in [4.78, 5) is 20.6. The van der Waals surface area contributed by atoms with Crippen molar-refractivity contribution in [2.45, 2.75) is 38.1 Å². The van der Waals surface area contributed by atoms with Crippen molar-refractivity contribution in [1.29, 1.82) is 0 Å². The second-order valence-corrected chi connectivity index (χ2v) is 6.01. The second kappa shape index (κ2) is 5.95.